The van der Waals surface area contributed by atoms with Crippen molar-refractivity contribution in [3.8, 4) is 0 Å². The molecule has 0 unspecified atom stereocenters. The summed E-state index contributed by atoms with van der Waals surface area (Å²) in [5.41, 5.74) is 7.42. The van der Waals surface area contributed by atoms with E-state index in [-0.39, 0.29) is 5.69 Å². The Bertz CT molecular complexity index is 1290. The number of benzene rings is 3. The third kappa shape index (κ3) is 5.81. The lowest BCUT2D eigenvalue weighted by Crippen LogP contribution is -2.27. The maximum absolute atomic E-state index is 12.6. The predicted octanol–water partition coefficient (Wildman–Crippen LogP) is 6.80. The Morgan fingerprint density at radius 1 is 0.970 bits per heavy atom. The van der Waals surface area contributed by atoms with Crippen molar-refractivity contribution in [3.63, 3.8) is 0 Å². The molecule has 3 aromatic rings. The summed E-state index contributed by atoms with van der Waals surface area (Å²) in [5, 5.41) is 0. The maximum Gasteiger partial charge on any atom is 0.404 e. The number of anilines is 1. The Morgan fingerprint density at radius 2 is 1.67 bits per heavy atom. The monoisotopic (exact) mass is 489 g/mol. The molecule has 172 valence electrons. The maximum atomic E-state index is 12.6. The quantitative estimate of drug-likeness (QED) is 0.438. The van der Waals surface area contributed by atoms with Crippen LogP contribution in [0.25, 0.3) is 11.6 Å². The molecule has 3 nitrogen and oxygen atoms in total. The fourth-order valence-electron chi connectivity index (χ4n) is 3.82. The number of thioether (sulfide) groups is 1. The molecule has 8 heteroatoms. The number of nitrogens with one attached hydrogen (secondary N) is 1. The Labute approximate surface area is 195 Å². The molecule has 1 heterocycles. The van der Waals surface area contributed by atoms with Crippen LogP contribution in [-0.4, -0.2) is 20.3 Å². The summed E-state index contributed by atoms with van der Waals surface area (Å²) >= 11 is 1.77. The first kappa shape index (κ1) is 23.4. The van der Waals surface area contributed by atoms with Crippen LogP contribution in [-0.2, 0) is 15.8 Å². The smallest absolute Gasteiger partial charge is 0.283 e. The molecule has 0 bridgehead atoms. The van der Waals surface area contributed by atoms with Crippen LogP contribution in [0.4, 0.5) is 18.9 Å². The summed E-state index contributed by atoms with van der Waals surface area (Å²) in [6.07, 6.45) is -2.86. The highest BCUT2D eigenvalue weighted by Crippen LogP contribution is 2.41. The molecule has 0 radical (unpaired) electrons. The van der Waals surface area contributed by atoms with E-state index in [1.807, 2.05) is 30.7 Å². The molecule has 0 spiro atoms. The highest BCUT2D eigenvalue weighted by molar-refractivity contribution is 7.98. The van der Waals surface area contributed by atoms with Gasteiger partial charge in [-0.2, -0.15) is 13.2 Å². The van der Waals surface area contributed by atoms with Crippen molar-refractivity contribution >= 4 is 39.1 Å². The van der Waals surface area contributed by atoms with Crippen LogP contribution in [0.5, 0.6) is 0 Å². The summed E-state index contributed by atoms with van der Waals surface area (Å²) < 4.78 is 63.6. The van der Waals surface area contributed by atoms with Crippen LogP contribution < -0.4 is 4.72 Å². The van der Waals surface area contributed by atoms with Crippen molar-refractivity contribution in [1.82, 2.24) is 0 Å². The summed E-state index contributed by atoms with van der Waals surface area (Å²) in [5.74, 6) is -1.11. The van der Waals surface area contributed by atoms with E-state index in [9.17, 15) is 21.6 Å². The van der Waals surface area contributed by atoms with E-state index < -0.39 is 22.0 Å². The Hall–Kier alpha value is -2.71. The molecular formula is C25H22F3NO2S2. The number of hydrogen-bond donors (Lipinski definition) is 1. The highest BCUT2D eigenvalue weighted by atomic mass is 32.2. The van der Waals surface area contributed by atoms with E-state index in [4.69, 9.17) is 0 Å². The van der Waals surface area contributed by atoms with Gasteiger partial charge in [-0.05, 0) is 71.5 Å². The van der Waals surface area contributed by atoms with Gasteiger partial charge in [-0.3, -0.25) is 4.72 Å². The molecule has 1 aliphatic heterocycles. The molecule has 0 saturated heterocycles. The van der Waals surface area contributed by atoms with Crippen LogP contribution in [0.2, 0.25) is 0 Å². The van der Waals surface area contributed by atoms with Gasteiger partial charge in [0.2, 0.25) is 10.0 Å². The lowest BCUT2D eigenvalue weighted by molar-refractivity contribution is -0.106. The summed E-state index contributed by atoms with van der Waals surface area (Å²) in [6.45, 7) is 4.09. The molecule has 0 aromatic heterocycles. The molecule has 3 aromatic carbocycles. The largest absolute Gasteiger partial charge is 0.404 e. The molecule has 0 atom stereocenters. The topological polar surface area (TPSA) is 46.2 Å². The first-order chi connectivity index (χ1) is 15.5. The highest BCUT2D eigenvalue weighted by Gasteiger charge is 2.35. The van der Waals surface area contributed by atoms with Crippen LogP contribution in [0.15, 0.2) is 65.6 Å². The van der Waals surface area contributed by atoms with Crippen LogP contribution >= 0.6 is 11.8 Å². The van der Waals surface area contributed by atoms with E-state index >= 15 is 0 Å². The van der Waals surface area contributed by atoms with Gasteiger partial charge in [0.1, 0.15) is 0 Å². The minimum atomic E-state index is -4.81. The van der Waals surface area contributed by atoms with Gasteiger partial charge in [-0.25, -0.2) is 8.42 Å². The van der Waals surface area contributed by atoms with E-state index in [0.29, 0.717) is 5.56 Å². The number of aryl methyl sites for hydroxylation is 2. The average Bonchev–Trinajstić information content (AvgIpc) is 2.83. The van der Waals surface area contributed by atoms with Crippen molar-refractivity contribution in [2.75, 3.05) is 10.5 Å². The SMILES string of the molecule is Cc1ccc2c(c1)CSc1cc(C)ccc1C2=Cc1cccc(NS(=O)(=O)CC(F)(F)F)c1. The summed E-state index contributed by atoms with van der Waals surface area (Å²) in [4.78, 5) is 1.15. The molecule has 4 rings (SSSR count). The second kappa shape index (κ2) is 8.91. The van der Waals surface area contributed by atoms with Gasteiger partial charge in [-0.15, -0.1) is 11.8 Å². The average molecular weight is 490 g/mol. The molecule has 0 saturated carbocycles. The third-order valence-electron chi connectivity index (χ3n) is 5.19. The van der Waals surface area contributed by atoms with Crippen molar-refractivity contribution in [2.24, 2.45) is 0 Å². The zero-order valence-corrected chi connectivity index (χ0v) is 19.7. The number of fused-ring (bicyclic) bond motifs is 2. The molecule has 0 fully saturated rings. The van der Waals surface area contributed by atoms with Gasteiger partial charge in [0.15, 0.2) is 5.75 Å². The van der Waals surface area contributed by atoms with Crippen molar-refractivity contribution in [3.05, 3.63) is 94.0 Å². The van der Waals surface area contributed by atoms with Crippen molar-refractivity contribution in [2.45, 2.75) is 30.7 Å². The summed E-state index contributed by atoms with van der Waals surface area (Å²) in [7, 11) is -4.55. The van der Waals surface area contributed by atoms with Crippen molar-refractivity contribution in [1.29, 1.82) is 0 Å². The van der Waals surface area contributed by atoms with Gasteiger partial charge < -0.3 is 0 Å². The first-order valence-corrected chi connectivity index (χ1v) is 12.9. The minimum Gasteiger partial charge on any atom is -0.283 e. The van der Waals surface area contributed by atoms with E-state index in [1.54, 1.807) is 30.0 Å². The number of sulfonamides is 1. The number of alkyl halides is 3. The number of rotatable bonds is 4. The fourth-order valence-corrected chi connectivity index (χ4v) is 5.96. The molecule has 1 N–H and O–H groups in total. The van der Waals surface area contributed by atoms with Gasteiger partial charge in [0.05, 0.1) is 0 Å². The Kier molecular flexibility index (Phi) is 6.33. The molecule has 1 aliphatic rings. The molecule has 0 aliphatic carbocycles. The van der Waals surface area contributed by atoms with Gasteiger partial charge in [0, 0.05) is 16.3 Å². The second-order valence-electron chi connectivity index (χ2n) is 8.11. The van der Waals surface area contributed by atoms with E-state index in [2.05, 4.69) is 30.3 Å². The van der Waals surface area contributed by atoms with Crippen LogP contribution in [0.3, 0.4) is 0 Å². The number of hydrogen-bond acceptors (Lipinski definition) is 3. The van der Waals surface area contributed by atoms with Gasteiger partial charge >= 0.3 is 6.18 Å². The molecular weight excluding hydrogens is 467 g/mol. The second-order valence-corrected chi connectivity index (χ2v) is 10.8. The standard InChI is InChI=1S/C25H22F3NO2S2/c1-16-6-8-21-19(10-16)14-32-24-11-17(2)7-9-22(24)23(21)13-18-4-3-5-20(12-18)29-33(30,31)15-25(26,27)28/h3-13,29H,14-15H2,1-2H3. The fraction of sp³-hybridized carbons (Fsp3) is 0.200. The lowest BCUT2D eigenvalue weighted by Gasteiger charge is -2.14. The van der Waals surface area contributed by atoms with Crippen molar-refractivity contribution < 1.29 is 21.6 Å². The lowest BCUT2D eigenvalue weighted by atomic mass is 9.91. The van der Waals surface area contributed by atoms with E-state index in [1.165, 1.54) is 11.6 Å². The van der Waals surface area contributed by atoms with Gasteiger partial charge in [-0.1, -0.05) is 48.0 Å². The zero-order chi connectivity index (χ0) is 23.8. The Morgan fingerprint density at radius 3 is 2.39 bits per heavy atom. The minimum absolute atomic E-state index is 0.0878. The predicted molar refractivity (Wildman–Crippen MR) is 129 cm³/mol. The molecule has 33 heavy (non-hydrogen) atoms. The normalized spacial score (nSPS) is 15.0. The molecule has 0 amide bonds. The van der Waals surface area contributed by atoms with Crippen LogP contribution in [0, 0.1) is 13.8 Å². The van der Waals surface area contributed by atoms with E-state index in [0.717, 1.165) is 38.5 Å². The van der Waals surface area contributed by atoms with Crippen LogP contribution in [0.1, 0.15) is 33.4 Å². The summed E-state index contributed by atoms with van der Waals surface area (Å²) in [6, 6.07) is 19.0. The number of halogens is 3. The first-order valence-electron chi connectivity index (χ1n) is 10.2. The Balaban J connectivity index is 1.78. The van der Waals surface area contributed by atoms with Gasteiger partial charge in [0.25, 0.3) is 0 Å². The zero-order valence-electron chi connectivity index (χ0n) is 18.0. The third-order valence-corrected chi connectivity index (χ3v) is 7.54.